The SMILES string of the molecule is COCCN(C)c1ccc(CN2CCC(NCC3CC3)CC2)cn1. The maximum atomic E-state index is 5.12. The number of methoxy groups -OCH3 is 1. The fourth-order valence-corrected chi connectivity index (χ4v) is 3.29. The van der Waals surface area contributed by atoms with E-state index in [1.165, 1.54) is 50.9 Å². The van der Waals surface area contributed by atoms with E-state index in [0.717, 1.165) is 37.5 Å². The van der Waals surface area contributed by atoms with Gasteiger partial charge in [-0.1, -0.05) is 6.07 Å². The first-order valence-corrected chi connectivity index (χ1v) is 9.35. The van der Waals surface area contributed by atoms with E-state index in [-0.39, 0.29) is 0 Å². The molecule has 2 fully saturated rings. The van der Waals surface area contributed by atoms with Gasteiger partial charge in [-0.25, -0.2) is 4.98 Å². The number of likely N-dealkylation sites (N-methyl/N-ethyl adjacent to an activating group) is 1. The summed E-state index contributed by atoms with van der Waals surface area (Å²) in [4.78, 5) is 9.28. The quantitative estimate of drug-likeness (QED) is 0.750. The van der Waals surface area contributed by atoms with E-state index in [9.17, 15) is 0 Å². The Hall–Kier alpha value is -1.17. The minimum absolute atomic E-state index is 0.726. The Bertz CT molecular complexity index is 481. The van der Waals surface area contributed by atoms with E-state index < -0.39 is 0 Å². The monoisotopic (exact) mass is 332 g/mol. The number of pyridine rings is 1. The number of hydrogen-bond donors (Lipinski definition) is 1. The van der Waals surface area contributed by atoms with Crippen molar-refractivity contribution in [3.05, 3.63) is 23.9 Å². The number of likely N-dealkylation sites (tertiary alicyclic amines) is 1. The fraction of sp³-hybridized carbons (Fsp3) is 0.737. The summed E-state index contributed by atoms with van der Waals surface area (Å²) in [6.45, 7) is 6.24. The van der Waals surface area contributed by atoms with Crippen molar-refractivity contribution in [1.29, 1.82) is 0 Å². The van der Waals surface area contributed by atoms with E-state index in [2.05, 4.69) is 39.3 Å². The van der Waals surface area contributed by atoms with Crippen molar-refractivity contribution in [2.75, 3.05) is 51.8 Å². The predicted molar refractivity (Wildman–Crippen MR) is 98.4 cm³/mol. The van der Waals surface area contributed by atoms with Crippen LogP contribution < -0.4 is 10.2 Å². The highest BCUT2D eigenvalue weighted by atomic mass is 16.5. The number of rotatable bonds is 9. The van der Waals surface area contributed by atoms with Crippen LogP contribution in [0.3, 0.4) is 0 Å². The molecular formula is C19H32N4O. The molecule has 1 N–H and O–H groups in total. The minimum Gasteiger partial charge on any atom is -0.383 e. The average molecular weight is 332 g/mol. The van der Waals surface area contributed by atoms with Gasteiger partial charge in [-0.3, -0.25) is 4.90 Å². The third-order valence-corrected chi connectivity index (χ3v) is 5.22. The number of piperidine rings is 1. The van der Waals surface area contributed by atoms with Gasteiger partial charge in [0.1, 0.15) is 5.82 Å². The van der Waals surface area contributed by atoms with Gasteiger partial charge in [-0.2, -0.15) is 0 Å². The lowest BCUT2D eigenvalue weighted by molar-refractivity contribution is 0.190. The predicted octanol–water partition coefficient (Wildman–Crippen LogP) is 2.13. The molecule has 0 amide bonds. The highest BCUT2D eigenvalue weighted by Gasteiger charge is 2.24. The standard InChI is InChI=1S/C19H32N4O/c1-22(11-12-24-2)19-6-5-17(14-21-19)15-23-9-7-18(8-10-23)20-13-16-3-4-16/h5-6,14,16,18,20H,3-4,7-13,15H2,1-2H3. The van der Waals surface area contributed by atoms with Crippen LogP contribution in [0.2, 0.25) is 0 Å². The molecule has 1 aliphatic carbocycles. The smallest absolute Gasteiger partial charge is 0.128 e. The first-order chi connectivity index (χ1) is 11.7. The van der Waals surface area contributed by atoms with Gasteiger partial charge in [0, 0.05) is 39.5 Å². The highest BCUT2D eigenvalue weighted by Crippen LogP contribution is 2.28. The van der Waals surface area contributed by atoms with Gasteiger partial charge in [0.2, 0.25) is 0 Å². The second kappa shape index (κ2) is 8.79. The molecule has 1 saturated heterocycles. The summed E-state index contributed by atoms with van der Waals surface area (Å²) in [7, 11) is 3.79. The van der Waals surface area contributed by atoms with E-state index in [0.29, 0.717) is 0 Å². The van der Waals surface area contributed by atoms with Crippen molar-refractivity contribution in [1.82, 2.24) is 15.2 Å². The molecule has 0 bridgehead atoms. The van der Waals surface area contributed by atoms with Crippen LogP contribution in [0.5, 0.6) is 0 Å². The molecule has 1 aliphatic heterocycles. The van der Waals surface area contributed by atoms with Crippen LogP contribution in [0.4, 0.5) is 5.82 Å². The van der Waals surface area contributed by atoms with Gasteiger partial charge in [-0.15, -0.1) is 0 Å². The number of nitrogens with one attached hydrogen (secondary N) is 1. The molecule has 24 heavy (non-hydrogen) atoms. The van der Waals surface area contributed by atoms with Gasteiger partial charge in [0.15, 0.2) is 0 Å². The summed E-state index contributed by atoms with van der Waals surface area (Å²) in [5.74, 6) is 1.99. The normalized spacial score (nSPS) is 19.6. The van der Waals surface area contributed by atoms with E-state index in [1.807, 2.05) is 6.20 Å². The Morgan fingerprint density at radius 1 is 1.25 bits per heavy atom. The van der Waals surface area contributed by atoms with Crippen molar-refractivity contribution in [3.8, 4) is 0 Å². The lowest BCUT2D eigenvalue weighted by Gasteiger charge is -2.32. The van der Waals surface area contributed by atoms with Crippen molar-refractivity contribution < 1.29 is 4.74 Å². The number of hydrogen-bond acceptors (Lipinski definition) is 5. The second-order valence-corrected chi connectivity index (χ2v) is 7.34. The van der Waals surface area contributed by atoms with Crippen LogP contribution in [0.25, 0.3) is 0 Å². The molecule has 2 heterocycles. The zero-order chi connectivity index (χ0) is 16.8. The first kappa shape index (κ1) is 17.6. The van der Waals surface area contributed by atoms with Crippen LogP contribution >= 0.6 is 0 Å². The Balaban J connectivity index is 1.39. The molecule has 0 radical (unpaired) electrons. The van der Waals surface area contributed by atoms with Crippen LogP contribution in [0.15, 0.2) is 18.3 Å². The molecule has 2 aliphatic rings. The highest BCUT2D eigenvalue weighted by molar-refractivity contribution is 5.38. The second-order valence-electron chi connectivity index (χ2n) is 7.34. The van der Waals surface area contributed by atoms with Gasteiger partial charge in [-0.05, 0) is 62.9 Å². The molecule has 0 aromatic carbocycles. The van der Waals surface area contributed by atoms with Crippen LogP contribution in [0, 0.1) is 5.92 Å². The molecule has 0 atom stereocenters. The molecule has 0 spiro atoms. The molecule has 1 aromatic heterocycles. The summed E-state index contributed by atoms with van der Waals surface area (Å²) >= 11 is 0. The number of anilines is 1. The topological polar surface area (TPSA) is 40.6 Å². The lowest BCUT2D eigenvalue weighted by Crippen LogP contribution is -2.42. The van der Waals surface area contributed by atoms with E-state index in [1.54, 1.807) is 7.11 Å². The largest absolute Gasteiger partial charge is 0.383 e. The number of ether oxygens (including phenoxy) is 1. The zero-order valence-corrected chi connectivity index (χ0v) is 15.2. The van der Waals surface area contributed by atoms with Crippen molar-refractivity contribution in [2.45, 2.75) is 38.3 Å². The molecule has 134 valence electrons. The van der Waals surface area contributed by atoms with Crippen molar-refractivity contribution in [2.24, 2.45) is 5.92 Å². The fourth-order valence-electron chi connectivity index (χ4n) is 3.29. The first-order valence-electron chi connectivity index (χ1n) is 9.35. The van der Waals surface area contributed by atoms with Crippen LogP contribution in [0.1, 0.15) is 31.2 Å². The van der Waals surface area contributed by atoms with Gasteiger partial charge >= 0.3 is 0 Å². The molecule has 1 saturated carbocycles. The summed E-state index contributed by atoms with van der Waals surface area (Å²) < 4.78 is 5.12. The third-order valence-electron chi connectivity index (χ3n) is 5.22. The molecule has 5 nitrogen and oxygen atoms in total. The summed E-state index contributed by atoms with van der Waals surface area (Å²) in [5.41, 5.74) is 1.31. The van der Waals surface area contributed by atoms with Gasteiger partial charge < -0.3 is 15.0 Å². The van der Waals surface area contributed by atoms with E-state index in [4.69, 9.17) is 4.74 Å². The van der Waals surface area contributed by atoms with Crippen molar-refractivity contribution >= 4 is 5.82 Å². The maximum absolute atomic E-state index is 5.12. The lowest BCUT2D eigenvalue weighted by atomic mass is 10.0. The third kappa shape index (κ3) is 5.43. The Kier molecular flexibility index (Phi) is 6.46. The van der Waals surface area contributed by atoms with Crippen LogP contribution in [-0.2, 0) is 11.3 Å². The molecule has 5 heteroatoms. The maximum Gasteiger partial charge on any atom is 0.128 e. The summed E-state index contributed by atoms with van der Waals surface area (Å²) in [5, 5.41) is 3.75. The van der Waals surface area contributed by atoms with Gasteiger partial charge in [0.25, 0.3) is 0 Å². The Labute approximate surface area is 146 Å². The Morgan fingerprint density at radius 3 is 2.67 bits per heavy atom. The number of nitrogens with zero attached hydrogens (tertiary/aromatic N) is 3. The minimum atomic E-state index is 0.726. The zero-order valence-electron chi connectivity index (χ0n) is 15.2. The number of aromatic nitrogens is 1. The summed E-state index contributed by atoms with van der Waals surface area (Å²) in [6, 6.07) is 5.06. The van der Waals surface area contributed by atoms with Crippen LogP contribution in [-0.4, -0.2) is 62.9 Å². The van der Waals surface area contributed by atoms with Crippen molar-refractivity contribution in [3.63, 3.8) is 0 Å². The molecule has 3 rings (SSSR count). The van der Waals surface area contributed by atoms with Gasteiger partial charge in [0.05, 0.1) is 6.61 Å². The molecule has 0 unspecified atom stereocenters. The molecule has 1 aromatic rings. The van der Waals surface area contributed by atoms with E-state index >= 15 is 0 Å². The molecular weight excluding hydrogens is 300 g/mol. The average Bonchev–Trinajstić information content (AvgIpc) is 3.44. The summed E-state index contributed by atoms with van der Waals surface area (Å²) in [6.07, 6.45) is 7.46. The Morgan fingerprint density at radius 2 is 2.04 bits per heavy atom.